The van der Waals surface area contributed by atoms with Gasteiger partial charge in [0.15, 0.2) is 6.61 Å². The predicted octanol–water partition coefficient (Wildman–Crippen LogP) is 3.50. The van der Waals surface area contributed by atoms with Crippen LogP contribution < -0.4 is 10.6 Å². The van der Waals surface area contributed by atoms with Crippen LogP contribution in [0, 0.1) is 13.8 Å². The Hall–Kier alpha value is -2.86. The van der Waals surface area contributed by atoms with Gasteiger partial charge < -0.3 is 15.4 Å². The fourth-order valence-electron chi connectivity index (χ4n) is 2.64. The van der Waals surface area contributed by atoms with E-state index >= 15 is 0 Å². The van der Waals surface area contributed by atoms with Gasteiger partial charge in [0.05, 0.1) is 16.6 Å². The molecule has 7 heteroatoms. The molecule has 2 atom stereocenters. The van der Waals surface area contributed by atoms with Gasteiger partial charge in [-0.15, -0.1) is 0 Å². The van der Waals surface area contributed by atoms with Gasteiger partial charge in [0.2, 0.25) is 0 Å². The van der Waals surface area contributed by atoms with Crippen LogP contribution in [0.25, 0.3) is 0 Å². The Morgan fingerprint density at radius 2 is 1.69 bits per heavy atom. The van der Waals surface area contributed by atoms with Crippen LogP contribution in [0.1, 0.15) is 46.9 Å². The molecule has 0 fully saturated rings. The molecule has 154 valence electrons. The number of halogens is 1. The van der Waals surface area contributed by atoms with Crippen molar-refractivity contribution in [2.45, 2.75) is 39.8 Å². The van der Waals surface area contributed by atoms with Crippen LogP contribution in [-0.2, 0) is 14.3 Å². The molecular weight excluding hydrogens is 392 g/mol. The normalized spacial score (nSPS) is 12.6. The second kappa shape index (κ2) is 10.1. The maximum Gasteiger partial charge on any atom is 0.328 e. The molecule has 0 saturated carbocycles. The highest BCUT2D eigenvalue weighted by atomic mass is 35.5. The third kappa shape index (κ3) is 6.32. The van der Waals surface area contributed by atoms with E-state index in [-0.39, 0.29) is 16.6 Å². The summed E-state index contributed by atoms with van der Waals surface area (Å²) in [6.45, 7) is 6.93. The van der Waals surface area contributed by atoms with E-state index in [2.05, 4.69) is 10.6 Å². The van der Waals surface area contributed by atoms with Crippen LogP contribution in [0.5, 0.6) is 0 Å². The molecule has 6 nitrogen and oxygen atoms in total. The minimum Gasteiger partial charge on any atom is -0.454 e. The Morgan fingerprint density at radius 3 is 2.34 bits per heavy atom. The van der Waals surface area contributed by atoms with Gasteiger partial charge in [0.25, 0.3) is 11.8 Å². The molecule has 0 heterocycles. The minimum atomic E-state index is -0.927. The maximum absolute atomic E-state index is 12.2. The molecule has 0 aliphatic rings. The Kier molecular flexibility index (Phi) is 7.79. The first-order chi connectivity index (χ1) is 13.7. The van der Waals surface area contributed by atoms with E-state index in [9.17, 15) is 14.4 Å². The van der Waals surface area contributed by atoms with Crippen molar-refractivity contribution < 1.29 is 19.1 Å². The van der Waals surface area contributed by atoms with Gasteiger partial charge >= 0.3 is 5.97 Å². The molecule has 0 aliphatic carbocycles. The molecule has 0 radical (unpaired) electrons. The first kappa shape index (κ1) is 22.4. The Balaban J connectivity index is 1.82. The zero-order chi connectivity index (χ0) is 21.6. The lowest BCUT2D eigenvalue weighted by atomic mass is 10.0. The highest BCUT2D eigenvalue weighted by Crippen LogP contribution is 2.17. The number of carbonyl (C=O) groups is 3. The third-order valence-electron chi connectivity index (χ3n) is 4.57. The van der Waals surface area contributed by atoms with Gasteiger partial charge in [-0.1, -0.05) is 41.9 Å². The molecular formula is C22H25ClN2O4. The SMILES string of the molecule is Cc1ccc(C(C)NC(=O)COC(=O)C(C)NC(=O)c2ccccc2Cl)cc1C. The van der Waals surface area contributed by atoms with Gasteiger partial charge in [-0.2, -0.15) is 0 Å². The van der Waals surface area contributed by atoms with Gasteiger partial charge in [0.1, 0.15) is 6.04 Å². The third-order valence-corrected chi connectivity index (χ3v) is 4.90. The molecule has 2 aromatic carbocycles. The molecule has 0 spiro atoms. The number of carbonyl (C=O) groups excluding carboxylic acids is 3. The summed E-state index contributed by atoms with van der Waals surface area (Å²) in [6, 6.07) is 11.3. The van der Waals surface area contributed by atoms with Crippen LogP contribution in [0.15, 0.2) is 42.5 Å². The summed E-state index contributed by atoms with van der Waals surface area (Å²) in [4.78, 5) is 36.4. The second-order valence-electron chi connectivity index (χ2n) is 6.92. The number of nitrogens with one attached hydrogen (secondary N) is 2. The van der Waals surface area contributed by atoms with E-state index in [1.807, 2.05) is 39.0 Å². The van der Waals surface area contributed by atoms with Crippen LogP contribution in [0.4, 0.5) is 0 Å². The number of rotatable bonds is 7. The molecule has 29 heavy (non-hydrogen) atoms. The van der Waals surface area contributed by atoms with Crippen molar-refractivity contribution in [1.29, 1.82) is 0 Å². The first-order valence-electron chi connectivity index (χ1n) is 9.27. The number of hydrogen-bond acceptors (Lipinski definition) is 4. The van der Waals surface area contributed by atoms with E-state index in [0.717, 1.165) is 11.1 Å². The number of aryl methyl sites for hydroxylation is 2. The smallest absolute Gasteiger partial charge is 0.328 e. The predicted molar refractivity (Wildman–Crippen MR) is 112 cm³/mol. The van der Waals surface area contributed by atoms with Crippen LogP contribution in [0.3, 0.4) is 0 Å². The van der Waals surface area contributed by atoms with Crippen molar-refractivity contribution in [2.24, 2.45) is 0 Å². The number of esters is 1. The Labute approximate surface area is 175 Å². The van der Waals surface area contributed by atoms with Crippen LogP contribution >= 0.6 is 11.6 Å². The number of hydrogen-bond donors (Lipinski definition) is 2. The van der Waals surface area contributed by atoms with Crippen molar-refractivity contribution in [1.82, 2.24) is 10.6 Å². The van der Waals surface area contributed by atoms with E-state index in [1.54, 1.807) is 24.3 Å². The monoisotopic (exact) mass is 416 g/mol. The van der Waals surface area contributed by atoms with Crippen molar-refractivity contribution in [3.63, 3.8) is 0 Å². The zero-order valence-electron chi connectivity index (χ0n) is 16.9. The fourth-order valence-corrected chi connectivity index (χ4v) is 2.86. The Bertz CT molecular complexity index is 913. The van der Waals surface area contributed by atoms with Gasteiger partial charge in [-0.25, -0.2) is 4.79 Å². The highest BCUT2D eigenvalue weighted by Gasteiger charge is 2.20. The van der Waals surface area contributed by atoms with Gasteiger partial charge in [-0.3, -0.25) is 9.59 Å². The average Bonchev–Trinajstić information content (AvgIpc) is 2.68. The molecule has 0 aliphatic heterocycles. The van der Waals surface area contributed by atoms with E-state index < -0.39 is 30.4 Å². The molecule has 2 rings (SSSR count). The highest BCUT2D eigenvalue weighted by molar-refractivity contribution is 6.33. The molecule has 2 amide bonds. The largest absolute Gasteiger partial charge is 0.454 e. The van der Waals surface area contributed by atoms with Crippen molar-refractivity contribution in [2.75, 3.05) is 6.61 Å². The van der Waals surface area contributed by atoms with E-state index in [4.69, 9.17) is 16.3 Å². The van der Waals surface area contributed by atoms with Gasteiger partial charge in [-0.05, 0) is 56.5 Å². The van der Waals surface area contributed by atoms with Crippen LogP contribution in [0.2, 0.25) is 5.02 Å². The van der Waals surface area contributed by atoms with Crippen LogP contribution in [-0.4, -0.2) is 30.4 Å². The standard InChI is InChI=1S/C22H25ClN2O4/c1-13-9-10-17(11-14(13)2)15(3)24-20(26)12-29-22(28)16(4)25-21(27)18-7-5-6-8-19(18)23/h5-11,15-16H,12H2,1-4H3,(H,24,26)(H,25,27). The Morgan fingerprint density at radius 1 is 1.00 bits per heavy atom. The molecule has 2 aromatic rings. The zero-order valence-corrected chi connectivity index (χ0v) is 17.7. The molecule has 0 bridgehead atoms. The second-order valence-corrected chi connectivity index (χ2v) is 7.32. The molecule has 2 unspecified atom stereocenters. The summed E-state index contributed by atoms with van der Waals surface area (Å²) in [5, 5.41) is 5.58. The lowest BCUT2D eigenvalue weighted by molar-refractivity contribution is -0.150. The quantitative estimate of drug-likeness (QED) is 0.676. The topological polar surface area (TPSA) is 84.5 Å². The summed E-state index contributed by atoms with van der Waals surface area (Å²) < 4.78 is 5.01. The summed E-state index contributed by atoms with van der Waals surface area (Å²) in [6.07, 6.45) is 0. The summed E-state index contributed by atoms with van der Waals surface area (Å²) >= 11 is 5.97. The number of ether oxygens (including phenoxy) is 1. The first-order valence-corrected chi connectivity index (χ1v) is 9.65. The number of amides is 2. The average molecular weight is 417 g/mol. The van der Waals surface area contributed by atoms with Crippen molar-refractivity contribution >= 4 is 29.4 Å². The van der Waals surface area contributed by atoms with Crippen molar-refractivity contribution in [3.05, 3.63) is 69.7 Å². The fraction of sp³-hybridized carbons (Fsp3) is 0.318. The molecule has 2 N–H and O–H groups in total. The summed E-state index contributed by atoms with van der Waals surface area (Å²) in [7, 11) is 0. The van der Waals surface area contributed by atoms with Crippen molar-refractivity contribution in [3.8, 4) is 0 Å². The van der Waals surface area contributed by atoms with Gasteiger partial charge in [0, 0.05) is 0 Å². The number of benzene rings is 2. The lowest BCUT2D eigenvalue weighted by Crippen LogP contribution is -2.41. The summed E-state index contributed by atoms with van der Waals surface area (Å²) in [5.74, 6) is -1.62. The maximum atomic E-state index is 12.2. The lowest BCUT2D eigenvalue weighted by Gasteiger charge is -2.17. The van der Waals surface area contributed by atoms with E-state index in [1.165, 1.54) is 12.5 Å². The minimum absolute atomic E-state index is 0.224. The van der Waals surface area contributed by atoms with E-state index in [0.29, 0.717) is 0 Å². The summed E-state index contributed by atoms with van der Waals surface area (Å²) in [5.41, 5.74) is 3.54. The molecule has 0 saturated heterocycles. The molecule has 0 aromatic heterocycles.